The molecule has 0 radical (unpaired) electrons. The van der Waals surface area contributed by atoms with E-state index in [4.69, 9.17) is 16.3 Å². The molecule has 0 spiro atoms. The van der Waals surface area contributed by atoms with E-state index < -0.39 is 4.92 Å². The van der Waals surface area contributed by atoms with Crippen LogP contribution in [0.5, 0.6) is 5.75 Å². The highest BCUT2D eigenvalue weighted by Crippen LogP contribution is 2.26. The number of halogens is 1. The molecule has 1 aliphatic heterocycles. The molecule has 25 heavy (non-hydrogen) atoms. The zero-order valence-corrected chi connectivity index (χ0v) is 14.7. The van der Waals surface area contributed by atoms with Crippen molar-refractivity contribution < 1.29 is 9.66 Å². The van der Waals surface area contributed by atoms with Gasteiger partial charge in [0, 0.05) is 44.8 Å². The fourth-order valence-electron chi connectivity index (χ4n) is 2.91. The summed E-state index contributed by atoms with van der Waals surface area (Å²) < 4.78 is 7.42. The molecule has 1 fully saturated rings. The Bertz CT molecular complexity index is 726. The Morgan fingerprint density at radius 2 is 1.92 bits per heavy atom. The van der Waals surface area contributed by atoms with Crippen molar-refractivity contribution in [3.63, 3.8) is 0 Å². The second-order valence-electron chi connectivity index (χ2n) is 5.89. The lowest BCUT2D eigenvalue weighted by molar-refractivity contribution is -0.388. The molecule has 0 N–H and O–H groups in total. The van der Waals surface area contributed by atoms with Crippen LogP contribution in [-0.4, -0.2) is 58.7 Å². The summed E-state index contributed by atoms with van der Waals surface area (Å²) >= 11 is 5.85. The molecule has 0 bridgehead atoms. The van der Waals surface area contributed by atoms with Crippen molar-refractivity contribution in [2.45, 2.75) is 0 Å². The van der Waals surface area contributed by atoms with E-state index in [9.17, 15) is 10.1 Å². The second-order valence-corrected chi connectivity index (χ2v) is 6.33. The minimum Gasteiger partial charge on any atom is -0.492 e. The van der Waals surface area contributed by atoms with E-state index in [0.717, 1.165) is 38.5 Å². The normalized spacial score (nSPS) is 15.4. The van der Waals surface area contributed by atoms with E-state index in [1.165, 1.54) is 6.33 Å². The zero-order chi connectivity index (χ0) is 17.8. The number of imidazole rings is 1. The Morgan fingerprint density at radius 3 is 2.56 bits per heavy atom. The summed E-state index contributed by atoms with van der Waals surface area (Å²) in [4.78, 5) is 18.9. The van der Waals surface area contributed by atoms with Gasteiger partial charge in [-0.15, -0.1) is 0 Å². The van der Waals surface area contributed by atoms with E-state index >= 15 is 0 Å². The van der Waals surface area contributed by atoms with Crippen LogP contribution in [0.4, 0.5) is 11.6 Å². The minimum atomic E-state index is -0.429. The molecule has 2 aromatic rings. The van der Waals surface area contributed by atoms with Gasteiger partial charge in [0.2, 0.25) is 12.1 Å². The van der Waals surface area contributed by atoms with Crippen LogP contribution in [0.2, 0.25) is 5.02 Å². The first-order valence-electron chi connectivity index (χ1n) is 8.06. The second kappa shape index (κ2) is 7.71. The first-order chi connectivity index (χ1) is 12.0. The molecule has 3 rings (SSSR count). The molecule has 0 saturated carbocycles. The molecule has 0 unspecified atom stereocenters. The van der Waals surface area contributed by atoms with Gasteiger partial charge in [0.1, 0.15) is 12.4 Å². The van der Waals surface area contributed by atoms with Gasteiger partial charge in [-0.05, 0) is 34.2 Å². The molecule has 0 atom stereocenters. The topological polar surface area (TPSA) is 76.7 Å². The molecule has 1 aromatic carbocycles. The summed E-state index contributed by atoms with van der Waals surface area (Å²) in [5.41, 5.74) is 0. The third-order valence-corrected chi connectivity index (χ3v) is 4.47. The summed E-state index contributed by atoms with van der Waals surface area (Å²) in [5, 5.41) is 11.8. The highest BCUT2D eigenvalue weighted by molar-refractivity contribution is 6.30. The number of benzene rings is 1. The van der Waals surface area contributed by atoms with E-state index in [1.807, 2.05) is 17.0 Å². The number of ether oxygens (including phenoxy) is 1. The predicted molar refractivity (Wildman–Crippen MR) is 95.5 cm³/mol. The Hall–Kier alpha value is -2.32. The molecule has 0 amide bonds. The van der Waals surface area contributed by atoms with Crippen LogP contribution in [0, 0.1) is 10.1 Å². The molecule has 134 valence electrons. The molecule has 2 heterocycles. The van der Waals surface area contributed by atoms with Gasteiger partial charge in [0.05, 0.1) is 0 Å². The lowest BCUT2D eigenvalue weighted by Gasteiger charge is -2.35. The lowest BCUT2D eigenvalue weighted by Crippen LogP contribution is -2.48. The first-order valence-corrected chi connectivity index (χ1v) is 8.44. The van der Waals surface area contributed by atoms with E-state index in [-0.39, 0.29) is 5.82 Å². The number of nitrogens with zero attached hydrogens (tertiary/aromatic N) is 5. The molecule has 0 aliphatic carbocycles. The van der Waals surface area contributed by atoms with Crippen molar-refractivity contribution in [1.82, 2.24) is 14.5 Å². The standard InChI is InChI=1S/C16H20ClN5O3/c1-19-12-18-15(22(23)24)16(19)21-8-6-20(7-9-21)10-11-25-14-4-2-13(17)3-5-14/h2-5,12H,6-11H2,1H3. The van der Waals surface area contributed by atoms with Crippen molar-refractivity contribution in [3.05, 3.63) is 45.7 Å². The van der Waals surface area contributed by atoms with Gasteiger partial charge in [0.25, 0.3) is 0 Å². The van der Waals surface area contributed by atoms with Gasteiger partial charge >= 0.3 is 5.82 Å². The maximum atomic E-state index is 11.1. The van der Waals surface area contributed by atoms with Gasteiger partial charge in [-0.2, -0.15) is 0 Å². The van der Waals surface area contributed by atoms with E-state index in [0.29, 0.717) is 17.4 Å². The van der Waals surface area contributed by atoms with Gasteiger partial charge in [-0.3, -0.25) is 9.47 Å². The lowest BCUT2D eigenvalue weighted by atomic mass is 10.3. The fourth-order valence-corrected chi connectivity index (χ4v) is 3.04. The van der Waals surface area contributed by atoms with Crippen LogP contribution in [0.1, 0.15) is 0 Å². The summed E-state index contributed by atoms with van der Waals surface area (Å²) in [6.07, 6.45) is 1.49. The van der Waals surface area contributed by atoms with E-state index in [2.05, 4.69) is 9.88 Å². The maximum absolute atomic E-state index is 11.1. The van der Waals surface area contributed by atoms with Crippen molar-refractivity contribution in [2.24, 2.45) is 7.05 Å². The largest absolute Gasteiger partial charge is 0.492 e. The van der Waals surface area contributed by atoms with Crippen molar-refractivity contribution in [1.29, 1.82) is 0 Å². The molecule has 8 nitrogen and oxygen atoms in total. The van der Waals surface area contributed by atoms with Gasteiger partial charge < -0.3 is 19.8 Å². The number of aromatic nitrogens is 2. The first kappa shape index (κ1) is 17.5. The molecule has 1 aromatic heterocycles. The summed E-state index contributed by atoms with van der Waals surface area (Å²) in [6.45, 7) is 4.50. The minimum absolute atomic E-state index is 0.0815. The number of piperazine rings is 1. The molecule has 9 heteroatoms. The Kier molecular flexibility index (Phi) is 5.40. The highest BCUT2D eigenvalue weighted by atomic mass is 35.5. The third kappa shape index (κ3) is 4.21. The number of hydrogen-bond donors (Lipinski definition) is 0. The van der Waals surface area contributed by atoms with Crippen LogP contribution >= 0.6 is 11.6 Å². The van der Waals surface area contributed by atoms with Crippen LogP contribution in [0.25, 0.3) is 0 Å². The van der Waals surface area contributed by atoms with Crippen molar-refractivity contribution >= 4 is 23.2 Å². The smallest absolute Gasteiger partial charge is 0.406 e. The fraction of sp³-hybridized carbons (Fsp3) is 0.438. The summed E-state index contributed by atoms with van der Waals surface area (Å²) in [5.74, 6) is 1.29. The number of anilines is 1. The van der Waals surface area contributed by atoms with Crippen molar-refractivity contribution in [2.75, 3.05) is 44.2 Å². The third-order valence-electron chi connectivity index (χ3n) is 4.22. The average Bonchev–Trinajstić information content (AvgIpc) is 2.99. The predicted octanol–water partition coefficient (Wildman–Crippen LogP) is 2.18. The Balaban J connectivity index is 1.48. The van der Waals surface area contributed by atoms with Crippen LogP contribution < -0.4 is 9.64 Å². The van der Waals surface area contributed by atoms with Crippen LogP contribution in [0.15, 0.2) is 30.6 Å². The summed E-state index contributed by atoms with van der Waals surface area (Å²) in [6, 6.07) is 7.30. The van der Waals surface area contributed by atoms with Gasteiger partial charge in [-0.1, -0.05) is 11.6 Å². The zero-order valence-electron chi connectivity index (χ0n) is 14.0. The molecule has 1 aliphatic rings. The number of nitro groups is 1. The van der Waals surface area contributed by atoms with Crippen molar-refractivity contribution in [3.8, 4) is 5.75 Å². The van der Waals surface area contributed by atoms with Gasteiger partial charge in [-0.25, -0.2) is 0 Å². The molecular formula is C16H20ClN5O3. The highest BCUT2D eigenvalue weighted by Gasteiger charge is 2.28. The number of rotatable bonds is 6. The van der Waals surface area contributed by atoms with Gasteiger partial charge in [0.15, 0.2) is 0 Å². The monoisotopic (exact) mass is 365 g/mol. The quantitative estimate of drug-likeness (QED) is 0.577. The Labute approximate surface area is 150 Å². The van der Waals surface area contributed by atoms with Crippen LogP contribution in [0.3, 0.4) is 0 Å². The van der Waals surface area contributed by atoms with E-state index in [1.54, 1.807) is 23.7 Å². The average molecular weight is 366 g/mol. The Morgan fingerprint density at radius 1 is 1.24 bits per heavy atom. The number of hydrogen-bond acceptors (Lipinski definition) is 6. The maximum Gasteiger partial charge on any atom is 0.406 e. The SMILES string of the molecule is Cn1cnc([N+](=O)[O-])c1N1CCN(CCOc2ccc(Cl)cc2)CC1. The summed E-state index contributed by atoms with van der Waals surface area (Å²) in [7, 11) is 1.78. The van der Waals surface area contributed by atoms with Crippen LogP contribution in [-0.2, 0) is 7.05 Å². The number of aryl methyl sites for hydroxylation is 1. The molecular weight excluding hydrogens is 346 g/mol. The molecule has 1 saturated heterocycles.